The van der Waals surface area contributed by atoms with E-state index in [1.54, 1.807) is 6.92 Å². The number of carbonyl (C=O) groups is 4. The van der Waals surface area contributed by atoms with Gasteiger partial charge in [-0.2, -0.15) is 0 Å². The number of nitro benzene ring substituents is 1. The van der Waals surface area contributed by atoms with Crippen molar-refractivity contribution in [2.24, 2.45) is 0 Å². The Kier molecular flexibility index (Phi) is 8.84. The van der Waals surface area contributed by atoms with Gasteiger partial charge in [0, 0.05) is 29.9 Å². The number of nitrogens with one attached hydrogen (secondary N) is 2. The maximum absolute atomic E-state index is 12.0. The van der Waals surface area contributed by atoms with Crippen LogP contribution in [0, 0.1) is 10.1 Å². The van der Waals surface area contributed by atoms with Crippen LogP contribution in [-0.4, -0.2) is 41.9 Å². The minimum absolute atomic E-state index is 0.176. The van der Waals surface area contributed by atoms with Crippen molar-refractivity contribution in [1.29, 1.82) is 0 Å². The fourth-order valence-corrected chi connectivity index (χ4v) is 2.46. The largest absolute Gasteiger partial charge is 0.462 e. The molecule has 0 radical (unpaired) electrons. The van der Waals surface area contributed by atoms with Crippen molar-refractivity contribution in [3.63, 3.8) is 0 Å². The summed E-state index contributed by atoms with van der Waals surface area (Å²) in [5.74, 6) is -2.36. The average Bonchev–Trinajstić information content (AvgIpc) is 2.77. The molecule has 2 amide bonds. The molecule has 11 heteroatoms. The van der Waals surface area contributed by atoms with Gasteiger partial charge < -0.3 is 20.1 Å². The third-order valence-corrected chi connectivity index (χ3v) is 3.94. The zero-order chi connectivity index (χ0) is 23.5. The van der Waals surface area contributed by atoms with Gasteiger partial charge in [-0.25, -0.2) is 4.79 Å². The molecule has 0 aromatic heterocycles. The van der Waals surface area contributed by atoms with E-state index in [9.17, 15) is 29.3 Å². The van der Waals surface area contributed by atoms with Crippen molar-refractivity contribution in [2.45, 2.75) is 19.8 Å². The Morgan fingerprint density at radius 1 is 0.906 bits per heavy atom. The number of esters is 2. The Morgan fingerprint density at radius 2 is 1.59 bits per heavy atom. The number of nitro groups is 1. The highest BCUT2D eigenvalue weighted by Crippen LogP contribution is 2.17. The van der Waals surface area contributed by atoms with Crippen molar-refractivity contribution >= 4 is 40.8 Å². The van der Waals surface area contributed by atoms with Crippen molar-refractivity contribution in [3.8, 4) is 0 Å². The van der Waals surface area contributed by atoms with E-state index < -0.39 is 35.3 Å². The number of benzene rings is 2. The molecule has 11 nitrogen and oxygen atoms in total. The topological polar surface area (TPSA) is 154 Å². The van der Waals surface area contributed by atoms with Crippen LogP contribution in [0.5, 0.6) is 0 Å². The van der Waals surface area contributed by atoms with E-state index >= 15 is 0 Å². The molecule has 0 saturated carbocycles. The van der Waals surface area contributed by atoms with E-state index in [4.69, 9.17) is 9.47 Å². The Labute approximate surface area is 182 Å². The summed E-state index contributed by atoms with van der Waals surface area (Å²) >= 11 is 0. The van der Waals surface area contributed by atoms with Gasteiger partial charge in [0.1, 0.15) is 0 Å². The fourth-order valence-electron chi connectivity index (χ4n) is 2.46. The first-order valence-corrected chi connectivity index (χ1v) is 9.55. The predicted molar refractivity (Wildman–Crippen MR) is 113 cm³/mol. The van der Waals surface area contributed by atoms with Crippen molar-refractivity contribution < 1.29 is 33.6 Å². The molecule has 0 unspecified atom stereocenters. The molecule has 0 spiro atoms. The third-order valence-electron chi connectivity index (χ3n) is 3.94. The number of anilines is 2. The summed E-state index contributed by atoms with van der Waals surface area (Å²) < 4.78 is 9.67. The van der Waals surface area contributed by atoms with Crippen molar-refractivity contribution in [3.05, 3.63) is 64.2 Å². The molecule has 0 fully saturated rings. The molecule has 0 atom stereocenters. The smallest absolute Gasteiger partial charge is 0.338 e. The zero-order valence-corrected chi connectivity index (χ0v) is 17.2. The summed E-state index contributed by atoms with van der Waals surface area (Å²) in [6, 6.07) is 11.4. The number of rotatable bonds is 10. The molecule has 168 valence electrons. The molecule has 2 N–H and O–H groups in total. The Morgan fingerprint density at radius 3 is 2.25 bits per heavy atom. The summed E-state index contributed by atoms with van der Waals surface area (Å²) in [5, 5.41) is 15.7. The van der Waals surface area contributed by atoms with Crippen LogP contribution < -0.4 is 10.6 Å². The van der Waals surface area contributed by atoms with E-state index in [0.717, 1.165) is 0 Å². The molecular weight excluding hydrogens is 422 g/mol. The van der Waals surface area contributed by atoms with Crippen LogP contribution in [0.15, 0.2) is 48.5 Å². The van der Waals surface area contributed by atoms with E-state index in [-0.39, 0.29) is 30.8 Å². The van der Waals surface area contributed by atoms with Gasteiger partial charge in [0.25, 0.3) is 11.6 Å². The van der Waals surface area contributed by atoms with Gasteiger partial charge in [0.05, 0.1) is 23.5 Å². The third kappa shape index (κ3) is 7.86. The van der Waals surface area contributed by atoms with Crippen LogP contribution in [-0.2, 0) is 23.9 Å². The van der Waals surface area contributed by atoms with E-state index in [2.05, 4.69) is 10.6 Å². The molecular formula is C21H21N3O8. The van der Waals surface area contributed by atoms with Crippen LogP contribution in [0.3, 0.4) is 0 Å². The maximum atomic E-state index is 12.0. The highest BCUT2D eigenvalue weighted by atomic mass is 16.6. The molecule has 0 aliphatic heterocycles. The normalized spacial score (nSPS) is 10.0. The Bertz CT molecular complexity index is 1000. The van der Waals surface area contributed by atoms with Crippen molar-refractivity contribution in [2.75, 3.05) is 23.8 Å². The molecule has 2 rings (SSSR count). The molecule has 0 aliphatic rings. The summed E-state index contributed by atoms with van der Waals surface area (Å²) in [5.41, 5.74) is 0.777. The van der Waals surface area contributed by atoms with Crippen LogP contribution in [0.2, 0.25) is 0 Å². The summed E-state index contributed by atoms with van der Waals surface area (Å²) in [4.78, 5) is 57.3. The van der Waals surface area contributed by atoms with Gasteiger partial charge in [0.2, 0.25) is 5.91 Å². The molecule has 32 heavy (non-hydrogen) atoms. The Hall–Kier alpha value is -4.28. The monoisotopic (exact) mass is 443 g/mol. The molecule has 2 aromatic carbocycles. The number of hydrogen-bond acceptors (Lipinski definition) is 8. The molecule has 0 bridgehead atoms. The number of ether oxygens (including phenoxy) is 2. The number of amides is 2. The highest BCUT2D eigenvalue weighted by molar-refractivity contribution is 5.95. The minimum atomic E-state index is -0.757. The minimum Gasteiger partial charge on any atom is -0.462 e. The first-order chi connectivity index (χ1) is 15.3. The molecule has 0 heterocycles. The zero-order valence-electron chi connectivity index (χ0n) is 17.2. The second-order valence-electron chi connectivity index (χ2n) is 6.36. The van der Waals surface area contributed by atoms with E-state index in [1.807, 2.05) is 0 Å². The van der Waals surface area contributed by atoms with E-state index in [1.165, 1.54) is 48.5 Å². The number of nitrogens with zero attached hydrogens (tertiary/aromatic N) is 1. The van der Waals surface area contributed by atoms with Crippen LogP contribution in [0.4, 0.5) is 17.1 Å². The quantitative estimate of drug-likeness (QED) is 0.323. The van der Waals surface area contributed by atoms with E-state index in [0.29, 0.717) is 11.3 Å². The SMILES string of the molecule is CCOC(=O)c1ccc(NC(=O)CCC(=O)OCC(=O)Nc2cccc([N+](=O)[O-])c2)cc1. The fraction of sp³-hybridized carbons (Fsp3) is 0.238. The van der Waals surface area contributed by atoms with Gasteiger partial charge in [-0.15, -0.1) is 0 Å². The van der Waals surface area contributed by atoms with Crippen LogP contribution >= 0.6 is 0 Å². The maximum Gasteiger partial charge on any atom is 0.338 e. The molecule has 0 aliphatic carbocycles. The first-order valence-electron chi connectivity index (χ1n) is 9.55. The lowest BCUT2D eigenvalue weighted by Gasteiger charge is -2.08. The number of non-ortho nitro benzene ring substituents is 1. The summed E-state index contributed by atoms with van der Waals surface area (Å²) in [6.07, 6.45) is -0.429. The predicted octanol–water partition coefficient (Wildman–Crippen LogP) is 2.67. The van der Waals surface area contributed by atoms with Gasteiger partial charge in [0.15, 0.2) is 6.61 Å². The summed E-state index contributed by atoms with van der Waals surface area (Å²) in [7, 11) is 0. The lowest BCUT2D eigenvalue weighted by atomic mass is 10.2. The van der Waals surface area contributed by atoms with Crippen molar-refractivity contribution in [1.82, 2.24) is 0 Å². The number of hydrogen-bond donors (Lipinski definition) is 2. The van der Waals surface area contributed by atoms with Gasteiger partial charge in [-0.1, -0.05) is 6.07 Å². The van der Waals surface area contributed by atoms with Crippen LogP contribution in [0.25, 0.3) is 0 Å². The second-order valence-corrected chi connectivity index (χ2v) is 6.36. The second kappa shape index (κ2) is 11.8. The van der Waals surface area contributed by atoms with Gasteiger partial charge in [-0.3, -0.25) is 24.5 Å². The summed E-state index contributed by atoms with van der Waals surface area (Å²) in [6.45, 7) is 1.35. The van der Waals surface area contributed by atoms with Gasteiger partial charge in [-0.05, 0) is 37.3 Å². The van der Waals surface area contributed by atoms with Gasteiger partial charge >= 0.3 is 11.9 Å². The highest BCUT2D eigenvalue weighted by Gasteiger charge is 2.13. The first kappa shape index (κ1) is 24.0. The molecule has 0 saturated heterocycles. The number of carbonyl (C=O) groups excluding carboxylic acids is 4. The molecule has 2 aromatic rings. The lowest BCUT2D eigenvalue weighted by Crippen LogP contribution is -2.21. The Balaban J connectivity index is 1.71. The average molecular weight is 443 g/mol. The van der Waals surface area contributed by atoms with Crippen LogP contribution in [0.1, 0.15) is 30.1 Å². The standard InChI is InChI=1S/C21H21N3O8/c1-2-31-21(28)14-6-8-15(9-7-14)22-18(25)10-11-20(27)32-13-19(26)23-16-4-3-5-17(12-16)24(29)30/h3-9,12H,2,10-11,13H2,1H3,(H,22,25)(H,23,26). The lowest BCUT2D eigenvalue weighted by molar-refractivity contribution is -0.384.